The number of benzene rings is 3. The van der Waals surface area contributed by atoms with E-state index >= 15 is 0 Å². The lowest BCUT2D eigenvalue weighted by molar-refractivity contribution is -0.114. The highest BCUT2D eigenvalue weighted by Crippen LogP contribution is 2.18. The first kappa shape index (κ1) is 19.6. The summed E-state index contributed by atoms with van der Waals surface area (Å²) in [6, 6.07) is 24.0. The second-order valence-corrected chi connectivity index (χ2v) is 6.38. The summed E-state index contributed by atoms with van der Waals surface area (Å²) in [5.74, 6) is 1.37. The Bertz CT molecular complexity index is 886. The van der Waals surface area contributed by atoms with Crippen LogP contribution in [0.5, 0.6) is 11.5 Å². The Hall–Kier alpha value is -3.18. The van der Waals surface area contributed by atoms with Crippen molar-refractivity contribution in [2.75, 3.05) is 30.4 Å². The maximum Gasteiger partial charge on any atom is 0.243 e. The molecule has 0 bridgehead atoms. The number of nitrogens with one attached hydrogen (secondary N) is 2. The summed E-state index contributed by atoms with van der Waals surface area (Å²) in [6.45, 7) is 1.02. The third kappa shape index (κ3) is 6.52. The molecule has 0 atom stereocenters. The van der Waals surface area contributed by atoms with Crippen molar-refractivity contribution >= 4 is 28.9 Å². The summed E-state index contributed by atoms with van der Waals surface area (Å²) in [4.78, 5) is 12.0. The molecular formula is C22H21ClN2O3. The van der Waals surface area contributed by atoms with Crippen LogP contribution in [-0.2, 0) is 4.79 Å². The third-order valence-corrected chi connectivity index (χ3v) is 4.03. The number of hydrogen-bond acceptors (Lipinski definition) is 4. The van der Waals surface area contributed by atoms with E-state index in [0.29, 0.717) is 29.7 Å². The first-order chi connectivity index (χ1) is 13.7. The molecule has 0 spiro atoms. The lowest BCUT2D eigenvalue weighted by Crippen LogP contribution is -2.21. The van der Waals surface area contributed by atoms with Crippen molar-refractivity contribution in [3.05, 3.63) is 83.9 Å². The van der Waals surface area contributed by atoms with Gasteiger partial charge in [-0.25, -0.2) is 0 Å². The van der Waals surface area contributed by atoms with Gasteiger partial charge < -0.3 is 20.1 Å². The van der Waals surface area contributed by atoms with Crippen molar-refractivity contribution in [2.45, 2.75) is 0 Å². The zero-order valence-corrected chi connectivity index (χ0v) is 16.0. The van der Waals surface area contributed by atoms with Crippen LogP contribution < -0.4 is 20.1 Å². The second kappa shape index (κ2) is 10.2. The molecule has 0 aliphatic heterocycles. The van der Waals surface area contributed by atoms with Crippen molar-refractivity contribution < 1.29 is 14.3 Å². The van der Waals surface area contributed by atoms with Gasteiger partial charge in [0.1, 0.15) is 24.7 Å². The molecule has 0 fully saturated rings. The Labute approximate surface area is 169 Å². The minimum absolute atomic E-state index is 0.142. The number of ether oxygens (including phenoxy) is 2. The molecule has 0 radical (unpaired) electrons. The summed E-state index contributed by atoms with van der Waals surface area (Å²) in [5, 5.41) is 6.51. The summed E-state index contributed by atoms with van der Waals surface area (Å²) in [6.07, 6.45) is 0. The zero-order valence-electron chi connectivity index (χ0n) is 15.2. The van der Waals surface area contributed by atoms with E-state index in [4.69, 9.17) is 21.1 Å². The van der Waals surface area contributed by atoms with Crippen LogP contribution in [0, 0.1) is 0 Å². The van der Waals surface area contributed by atoms with E-state index in [2.05, 4.69) is 10.6 Å². The van der Waals surface area contributed by atoms with Crippen LogP contribution in [0.3, 0.4) is 0 Å². The van der Waals surface area contributed by atoms with Gasteiger partial charge in [-0.2, -0.15) is 0 Å². The molecule has 0 aliphatic rings. The lowest BCUT2D eigenvalue weighted by Gasteiger charge is -2.11. The van der Waals surface area contributed by atoms with Crippen LogP contribution in [0.15, 0.2) is 78.9 Å². The molecule has 28 heavy (non-hydrogen) atoms. The molecule has 144 valence electrons. The second-order valence-electron chi connectivity index (χ2n) is 5.95. The predicted octanol–water partition coefficient (Wildman–Crippen LogP) is 4.85. The normalized spacial score (nSPS) is 10.2. The Morgan fingerprint density at radius 1 is 0.786 bits per heavy atom. The lowest BCUT2D eigenvalue weighted by atomic mass is 10.3. The first-order valence-corrected chi connectivity index (χ1v) is 9.27. The maximum absolute atomic E-state index is 12.0. The van der Waals surface area contributed by atoms with E-state index < -0.39 is 0 Å². The van der Waals surface area contributed by atoms with E-state index in [1.54, 1.807) is 24.3 Å². The Morgan fingerprint density at radius 3 is 2.21 bits per heavy atom. The monoisotopic (exact) mass is 396 g/mol. The van der Waals surface area contributed by atoms with Crippen LogP contribution in [0.1, 0.15) is 0 Å². The van der Waals surface area contributed by atoms with Crippen LogP contribution in [-0.4, -0.2) is 25.7 Å². The number of carbonyl (C=O) groups is 1. The quantitative estimate of drug-likeness (QED) is 0.508. The fraction of sp³-hybridized carbons (Fsp3) is 0.136. The fourth-order valence-electron chi connectivity index (χ4n) is 2.45. The molecule has 0 unspecified atom stereocenters. The van der Waals surface area contributed by atoms with Crippen LogP contribution in [0.2, 0.25) is 5.02 Å². The molecule has 1 amide bonds. The van der Waals surface area contributed by atoms with Gasteiger partial charge in [0.25, 0.3) is 0 Å². The highest BCUT2D eigenvalue weighted by atomic mass is 35.5. The SMILES string of the molecule is O=C(CNc1cccc(OCCOc2ccccc2)c1)Nc1ccc(Cl)cc1. The smallest absolute Gasteiger partial charge is 0.243 e. The van der Waals surface area contributed by atoms with Gasteiger partial charge in [0.2, 0.25) is 5.91 Å². The van der Waals surface area contributed by atoms with Gasteiger partial charge in [0, 0.05) is 22.5 Å². The molecule has 6 heteroatoms. The predicted molar refractivity (Wildman–Crippen MR) is 112 cm³/mol. The van der Waals surface area contributed by atoms with Crippen molar-refractivity contribution in [3.8, 4) is 11.5 Å². The molecule has 3 aromatic rings. The summed E-state index contributed by atoms with van der Waals surface area (Å²) >= 11 is 5.84. The number of amides is 1. The zero-order chi connectivity index (χ0) is 19.6. The molecular weight excluding hydrogens is 376 g/mol. The van der Waals surface area contributed by atoms with Crippen LogP contribution in [0.4, 0.5) is 11.4 Å². The van der Waals surface area contributed by atoms with E-state index in [1.165, 1.54) is 0 Å². The molecule has 0 aliphatic carbocycles. The molecule has 0 saturated heterocycles. The molecule has 2 N–H and O–H groups in total. The van der Waals surface area contributed by atoms with E-state index in [-0.39, 0.29) is 12.5 Å². The number of anilines is 2. The van der Waals surface area contributed by atoms with Crippen molar-refractivity contribution in [1.82, 2.24) is 0 Å². The van der Waals surface area contributed by atoms with Gasteiger partial charge in [-0.1, -0.05) is 35.9 Å². The highest BCUT2D eigenvalue weighted by molar-refractivity contribution is 6.30. The van der Waals surface area contributed by atoms with E-state index in [0.717, 1.165) is 11.4 Å². The summed E-state index contributed by atoms with van der Waals surface area (Å²) in [7, 11) is 0. The summed E-state index contributed by atoms with van der Waals surface area (Å²) < 4.78 is 11.3. The fourth-order valence-corrected chi connectivity index (χ4v) is 2.58. The summed E-state index contributed by atoms with van der Waals surface area (Å²) in [5.41, 5.74) is 1.50. The van der Waals surface area contributed by atoms with Crippen molar-refractivity contribution in [3.63, 3.8) is 0 Å². The van der Waals surface area contributed by atoms with Crippen LogP contribution >= 0.6 is 11.6 Å². The minimum atomic E-state index is -0.148. The molecule has 3 aromatic carbocycles. The highest BCUT2D eigenvalue weighted by Gasteiger charge is 2.03. The number of para-hydroxylation sites is 1. The molecule has 0 heterocycles. The molecule has 3 rings (SSSR count). The van der Waals surface area contributed by atoms with Gasteiger partial charge >= 0.3 is 0 Å². The van der Waals surface area contributed by atoms with Gasteiger partial charge in [-0.3, -0.25) is 4.79 Å². The van der Waals surface area contributed by atoms with Gasteiger partial charge in [0.15, 0.2) is 0 Å². The van der Waals surface area contributed by atoms with E-state index in [9.17, 15) is 4.79 Å². The molecule has 0 aromatic heterocycles. The number of rotatable bonds is 9. The minimum Gasteiger partial charge on any atom is -0.490 e. The molecule has 0 saturated carbocycles. The first-order valence-electron chi connectivity index (χ1n) is 8.89. The Morgan fingerprint density at radius 2 is 1.46 bits per heavy atom. The van der Waals surface area contributed by atoms with Crippen LogP contribution in [0.25, 0.3) is 0 Å². The standard InChI is InChI=1S/C22H21ClN2O3/c23-17-9-11-18(12-10-17)25-22(26)16-24-19-5-4-8-21(15-19)28-14-13-27-20-6-2-1-3-7-20/h1-12,15,24H,13-14,16H2,(H,25,26). The third-order valence-electron chi connectivity index (χ3n) is 3.78. The Balaban J connectivity index is 1.41. The van der Waals surface area contributed by atoms with Gasteiger partial charge in [0.05, 0.1) is 6.54 Å². The van der Waals surface area contributed by atoms with Crippen molar-refractivity contribution in [2.24, 2.45) is 0 Å². The van der Waals surface area contributed by atoms with Gasteiger partial charge in [-0.05, 0) is 48.5 Å². The van der Waals surface area contributed by atoms with Gasteiger partial charge in [-0.15, -0.1) is 0 Å². The van der Waals surface area contributed by atoms with Crippen molar-refractivity contribution in [1.29, 1.82) is 0 Å². The topological polar surface area (TPSA) is 59.6 Å². The Kier molecular flexibility index (Phi) is 7.15. The number of carbonyl (C=O) groups excluding carboxylic acids is 1. The average molecular weight is 397 g/mol. The number of hydrogen-bond donors (Lipinski definition) is 2. The maximum atomic E-state index is 12.0. The molecule has 5 nitrogen and oxygen atoms in total. The average Bonchev–Trinajstić information content (AvgIpc) is 2.73. The largest absolute Gasteiger partial charge is 0.490 e. The van der Waals surface area contributed by atoms with E-state index in [1.807, 2.05) is 54.6 Å². The number of halogens is 1.